The molecule has 0 saturated carbocycles. The van der Waals surface area contributed by atoms with Gasteiger partial charge < -0.3 is 0 Å². The minimum Gasteiger partial charge on any atom is -0.273 e. The highest BCUT2D eigenvalue weighted by atomic mass is 32.2. The number of fused-ring (bicyclic) bond motifs is 2. The van der Waals surface area contributed by atoms with Crippen molar-refractivity contribution in [2.45, 2.75) is 5.16 Å². The Hall–Kier alpha value is -3.71. The topological polar surface area (TPSA) is 72.3 Å². The van der Waals surface area contributed by atoms with Crippen LogP contribution in [0.15, 0.2) is 88.8 Å². The minimum atomic E-state index is -0.284. The van der Waals surface area contributed by atoms with Gasteiger partial charge in [-0.2, -0.15) is 0 Å². The van der Waals surface area contributed by atoms with Crippen LogP contribution in [0.5, 0.6) is 0 Å². The Morgan fingerprint density at radius 3 is 2.06 bits per heavy atom. The normalized spacial score (nSPS) is 13.1. The van der Waals surface area contributed by atoms with Crippen LogP contribution >= 0.6 is 11.8 Å². The number of carbonyl (C=O) groups excluding carboxylic acids is 2. The molecule has 4 aromatic rings. The number of amides is 2. The zero-order chi connectivity index (χ0) is 21.4. The lowest BCUT2D eigenvalue weighted by Crippen LogP contribution is -2.32. The molecular weight excluding hydrogens is 410 g/mol. The van der Waals surface area contributed by atoms with E-state index in [2.05, 4.69) is 0 Å². The maximum Gasteiger partial charge on any atom is 0.266 e. The van der Waals surface area contributed by atoms with Gasteiger partial charge in [-0.05, 0) is 36.4 Å². The Labute approximate surface area is 182 Å². The Kier molecular flexibility index (Phi) is 4.88. The molecule has 1 aliphatic heterocycles. The van der Waals surface area contributed by atoms with Gasteiger partial charge in [0.1, 0.15) is 0 Å². The number of hydrogen-bond acceptors (Lipinski definition) is 5. The molecule has 7 heteroatoms. The summed E-state index contributed by atoms with van der Waals surface area (Å²) in [6.07, 6.45) is 0. The van der Waals surface area contributed by atoms with Crippen molar-refractivity contribution in [3.63, 3.8) is 0 Å². The van der Waals surface area contributed by atoms with Crippen LogP contribution in [0.2, 0.25) is 0 Å². The van der Waals surface area contributed by atoms with Gasteiger partial charge in [0.15, 0.2) is 5.16 Å². The van der Waals surface area contributed by atoms with Gasteiger partial charge >= 0.3 is 0 Å². The molecule has 1 aromatic heterocycles. The average molecular weight is 427 g/mol. The molecule has 2 amide bonds. The highest BCUT2D eigenvalue weighted by Crippen LogP contribution is 2.25. The fourth-order valence-corrected chi connectivity index (χ4v) is 4.62. The van der Waals surface area contributed by atoms with E-state index in [1.165, 1.54) is 16.7 Å². The Morgan fingerprint density at radius 2 is 1.35 bits per heavy atom. The van der Waals surface area contributed by atoms with E-state index in [4.69, 9.17) is 4.98 Å². The monoisotopic (exact) mass is 427 g/mol. The van der Waals surface area contributed by atoms with Crippen molar-refractivity contribution in [3.8, 4) is 5.69 Å². The van der Waals surface area contributed by atoms with Gasteiger partial charge in [0, 0.05) is 12.3 Å². The van der Waals surface area contributed by atoms with Gasteiger partial charge in [0.25, 0.3) is 17.4 Å². The first-order chi connectivity index (χ1) is 15.1. The summed E-state index contributed by atoms with van der Waals surface area (Å²) >= 11 is 1.35. The minimum absolute atomic E-state index is 0.153. The van der Waals surface area contributed by atoms with Crippen molar-refractivity contribution in [2.75, 3.05) is 12.3 Å². The predicted octanol–water partition coefficient (Wildman–Crippen LogP) is 3.77. The number of carbonyl (C=O) groups is 2. The number of rotatable bonds is 5. The molecule has 5 rings (SSSR count). The summed E-state index contributed by atoms with van der Waals surface area (Å²) in [5.41, 5.74) is 2.04. The molecule has 3 aromatic carbocycles. The van der Waals surface area contributed by atoms with Crippen LogP contribution in [0, 0.1) is 0 Å². The molecule has 0 aliphatic carbocycles. The number of imide groups is 1. The van der Waals surface area contributed by atoms with E-state index in [-0.39, 0.29) is 23.9 Å². The van der Waals surface area contributed by atoms with Crippen LogP contribution in [0.3, 0.4) is 0 Å². The van der Waals surface area contributed by atoms with E-state index >= 15 is 0 Å². The van der Waals surface area contributed by atoms with Crippen molar-refractivity contribution >= 4 is 34.5 Å². The summed E-state index contributed by atoms with van der Waals surface area (Å²) < 4.78 is 1.58. The number of para-hydroxylation sites is 2. The van der Waals surface area contributed by atoms with Crippen LogP contribution in [0.25, 0.3) is 16.6 Å². The molecule has 152 valence electrons. The molecule has 0 saturated heterocycles. The molecule has 1 aliphatic rings. The smallest absolute Gasteiger partial charge is 0.266 e. The maximum atomic E-state index is 13.2. The largest absolute Gasteiger partial charge is 0.273 e. The lowest BCUT2D eigenvalue weighted by Gasteiger charge is -2.16. The number of benzene rings is 3. The van der Waals surface area contributed by atoms with E-state index in [0.717, 1.165) is 0 Å². The SMILES string of the molecule is O=C1c2ccccc2C(=O)N1CCSc1nc2ccccc2c(=O)n1-c1ccccc1. The van der Waals surface area contributed by atoms with Crippen molar-refractivity contribution < 1.29 is 9.59 Å². The molecule has 0 bridgehead atoms. The van der Waals surface area contributed by atoms with E-state index < -0.39 is 0 Å². The Morgan fingerprint density at radius 1 is 0.742 bits per heavy atom. The second-order valence-electron chi connectivity index (χ2n) is 7.04. The third kappa shape index (κ3) is 3.33. The Bertz CT molecular complexity index is 1350. The summed E-state index contributed by atoms with van der Waals surface area (Å²) in [4.78, 5) is 44.3. The van der Waals surface area contributed by atoms with Gasteiger partial charge in [0.2, 0.25) is 0 Å². The molecule has 0 radical (unpaired) electrons. The molecule has 0 fully saturated rings. The van der Waals surface area contributed by atoms with Crippen LogP contribution in [-0.2, 0) is 0 Å². The van der Waals surface area contributed by atoms with Crippen LogP contribution in [0.1, 0.15) is 20.7 Å². The summed E-state index contributed by atoms with van der Waals surface area (Å²) in [6.45, 7) is 0.231. The van der Waals surface area contributed by atoms with Gasteiger partial charge in [-0.1, -0.05) is 54.2 Å². The van der Waals surface area contributed by atoms with Crippen LogP contribution in [-0.4, -0.2) is 38.6 Å². The second kappa shape index (κ2) is 7.85. The van der Waals surface area contributed by atoms with Crippen molar-refractivity contribution in [2.24, 2.45) is 0 Å². The molecule has 0 N–H and O–H groups in total. The van der Waals surface area contributed by atoms with Crippen LogP contribution < -0.4 is 5.56 Å². The lowest BCUT2D eigenvalue weighted by atomic mass is 10.1. The molecule has 0 atom stereocenters. The summed E-state index contributed by atoms with van der Waals surface area (Å²) in [5, 5.41) is 1.06. The van der Waals surface area contributed by atoms with Crippen molar-refractivity contribution in [3.05, 3.63) is 100 Å². The first-order valence-corrected chi connectivity index (χ1v) is 10.8. The summed E-state index contributed by atoms with van der Waals surface area (Å²) in [5.74, 6) is -0.149. The zero-order valence-corrected chi connectivity index (χ0v) is 17.2. The number of nitrogens with zero attached hydrogens (tertiary/aromatic N) is 3. The summed E-state index contributed by atoms with van der Waals surface area (Å²) in [7, 11) is 0. The molecule has 2 heterocycles. The van der Waals surface area contributed by atoms with E-state index in [0.29, 0.717) is 38.6 Å². The van der Waals surface area contributed by atoms with Crippen molar-refractivity contribution in [1.82, 2.24) is 14.5 Å². The highest BCUT2D eigenvalue weighted by Gasteiger charge is 2.34. The standard InChI is InChI=1S/C24H17N3O3S/c28-21-17-10-4-5-11-18(17)22(29)26(21)14-15-31-24-25-20-13-7-6-12-19(20)23(30)27(24)16-8-2-1-3-9-16/h1-13H,14-15H2. The number of thioether (sulfide) groups is 1. The average Bonchev–Trinajstić information content (AvgIpc) is 3.05. The molecule has 0 unspecified atom stereocenters. The number of aromatic nitrogens is 2. The van der Waals surface area contributed by atoms with E-state index in [1.807, 2.05) is 42.5 Å². The summed E-state index contributed by atoms with van der Waals surface area (Å²) in [6, 6.07) is 23.4. The fourth-order valence-electron chi connectivity index (χ4n) is 3.68. The Balaban J connectivity index is 1.45. The van der Waals surface area contributed by atoms with Gasteiger partial charge in [-0.3, -0.25) is 23.9 Å². The maximum absolute atomic E-state index is 13.2. The third-order valence-corrected chi connectivity index (χ3v) is 6.10. The zero-order valence-electron chi connectivity index (χ0n) is 16.4. The first-order valence-electron chi connectivity index (χ1n) is 9.80. The number of hydrogen-bond donors (Lipinski definition) is 0. The van der Waals surface area contributed by atoms with E-state index in [1.54, 1.807) is 41.0 Å². The van der Waals surface area contributed by atoms with E-state index in [9.17, 15) is 14.4 Å². The van der Waals surface area contributed by atoms with Crippen LogP contribution in [0.4, 0.5) is 0 Å². The first kappa shape index (κ1) is 19.3. The lowest BCUT2D eigenvalue weighted by molar-refractivity contribution is 0.0664. The quantitative estimate of drug-likeness (QED) is 0.275. The highest BCUT2D eigenvalue weighted by molar-refractivity contribution is 7.99. The second-order valence-corrected chi connectivity index (χ2v) is 8.11. The van der Waals surface area contributed by atoms with Gasteiger partial charge in [0.05, 0.1) is 27.7 Å². The molecule has 0 spiro atoms. The van der Waals surface area contributed by atoms with Gasteiger partial charge in [-0.15, -0.1) is 0 Å². The molecule has 6 nitrogen and oxygen atoms in total. The van der Waals surface area contributed by atoms with Crippen molar-refractivity contribution in [1.29, 1.82) is 0 Å². The third-order valence-electron chi connectivity index (χ3n) is 5.18. The van der Waals surface area contributed by atoms with Gasteiger partial charge in [-0.25, -0.2) is 4.98 Å². The fraction of sp³-hybridized carbons (Fsp3) is 0.0833. The predicted molar refractivity (Wildman–Crippen MR) is 120 cm³/mol. The molecular formula is C24H17N3O3S. The molecule has 31 heavy (non-hydrogen) atoms.